The van der Waals surface area contributed by atoms with E-state index in [2.05, 4.69) is 17.6 Å². The second kappa shape index (κ2) is 12.1. The summed E-state index contributed by atoms with van der Waals surface area (Å²) in [4.78, 5) is 34.1. The number of amides is 4. The van der Waals surface area contributed by atoms with Gasteiger partial charge in [0, 0.05) is 0 Å². The standard InChI is InChI=1S/C18H32N2O3/c1-2-3-4-5-6-7-8-9-10-11-12-13-14-15-16(21)19-18(23)20-17(15)22/h15H,2-14H2,1H3,(H2,19,20,21,22,23). The van der Waals surface area contributed by atoms with Gasteiger partial charge in [-0.15, -0.1) is 0 Å². The van der Waals surface area contributed by atoms with Crippen molar-refractivity contribution in [1.82, 2.24) is 10.6 Å². The van der Waals surface area contributed by atoms with Crippen LogP contribution in [0.4, 0.5) is 4.79 Å². The molecule has 0 bridgehead atoms. The summed E-state index contributed by atoms with van der Waals surface area (Å²) in [5.41, 5.74) is 0. The van der Waals surface area contributed by atoms with Crippen LogP contribution in [-0.4, -0.2) is 17.8 Å². The van der Waals surface area contributed by atoms with Gasteiger partial charge in [-0.2, -0.15) is 0 Å². The van der Waals surface area contributed by atoms with E-state index >= 15 is 0 Å². The summed E-state index contributed by atoms with van der Waals surface area (Å²) in [5.74, 6) is -1.61. The first-order valence-corrected chi connectivity index (χ1v) is 9.31. The van der Waals surface area contributed by atoms with Crippen LogP contribution in [0.3, 0.4) is 0 Å². The second-order valence-corrected chi connectivity index (χ2v) is 6.54. The highest BCUT2D eigenvalue weighted by atomic mass is 16.2. The maximum absolute atomic E-state index is 11.6. The lowest BCUT2D eigenvalue weighted by molar-refractivity contribution is -0.136. The molecule has 1 heterocycles. The van der Waals surface area contributed by atoms with Crippen LogP contribution in [0.15, 0.2) is 0 Å². The van der Waals surface area contributed by atoms with Crippen molar-refractivity contribution in [3.8, 4) is 0 Å². The summed E-state index contributed by atoms with van der Waals surface area (Å²) < 4.78 is 0. The third-order valence-corrected chi connectivity index (χ3v) is 4.45. The Kier molecular flexibility index (Phi) is 10.3. The van der Waals surface area contributed by atoms with Crippen molar-refractivity contribution in [2.24, 2.45) is 5.92 Å². The Labute approximate surface area is 140 Å². The number of urea groups is 1. The van der Waals surface area contributed by atoms with E-state index in [1.165, 1.54) is 57.8 Å². The molecule has 0 aromatic carbocycles. The molecule has 0 atom stereocenters. The third-order valence-electron chi connectivity index (χ3n) is 4.45. The zero-order chi connectivity index (χ0) is 16.9. The minimum absolute atomic E-state index is 0.457. The molecule has 4 amide bonds. The van der Waals surface area contributed by atoms with Crippen molar-refractivity contribution in [2.75, 3.05) is 0 Å². The molecule has 5 heteroatoms. The summed E-state index contributed by atoms with van der Waals surface area (Å²) in [6, 6.07) is -0.703. The van der Waals surface area contributed by atoms with Crippen molar-refractivity contribution < 1.29 is 14.4 Å². The number of carbonyl (C=O) groups excluding carboxylic acids is 3. The number of nitrogens with one attached hydrogen (secondary N) is 2. The normalized spacial score (nSPS) is 15.6. The van der Waals surface area contributed by atoms with Gasteiger partial charge in [0.1, 0.15) is 5.92 Å². The zero-order valence-electron chi connectivity index (χ0n) is 14.5. The monoisotopic (exact) mass is 324 g/mol. The molecule has 2 N–H and O–H groups in total. The van der Waals surface area contributed by atoms with E-state index in [0.29, 0.717) is 6.42 Å². The fraction of sp³-hybridized carbons (Fsp3) is 0.833. The van der Waals surface area contributed by atoms with Gasteiger partial charge >= 0.3 is 6.03 Å². The molecule has 1 aliphatic heterocycles. The largest absolute Gasteiger partial charge is 0.328 e. The minimum atomic E-state index is -0.703. The Morgan fingerprint density at radius 3 is 1.48 bits per heavy atom. The van der Waals surface area contributed by atoms with Gasteiger partial charge in [-0.25, -0.2) is 4.79 Å². The van der Waals surface area contributed by atoms with Crippen molar-refractivity contribution in [2.45, 2.75) is 90.4 Å². The first-order chi connectivity index (χ1) is 11.1. The third kappa shape index (κ3) is 8.72. The van der Waals surface area contributed by atoms with E-state index in [4.69, 9.17) is 0 Å². The number of barbiturate groups is 1. The lowest BCUT2D eigenvalue weighted by atomic mass is 9.97. The Bertz CT molecular complexity index is 362. The Hall–Kier alpha value is -1.39. The van der Waals surface area contributed by atoms with Crippen LogP contribution in [0.2, 0.25) is 0 Å². The number of carbonyl (C=O) groups is 3. The van der Waals surface area contributed by atoms with E-state index in [0.717, 1.165) is 19.3 Å². The molecule has 132 valence electrons. The van der Waals surface area contributed by atoms with E-state index < -0.39 is 23.8 Å². The Morgan fingerprint density at radius 2 is 1.04 bits per heavy atom. The second-order valence-electron chi connectivity index (χ2n) is 6.54. The summed E-state index contributed by atoms with van der Waals surface area (Å²) in [5, 5.41) is 4.29. The molecule has 5 nitrogen and oxygen atoms in total. The maximum atomic E-state index is 11.6. The number of imide groups is 2. The topological polar surface area (TPSA) is 75.3 Å². The number of rotatable bonds is 13. The van der Waals surface area contributed by atoms with Crippen molar-refractivity contribution >= 4 is 17.8 Å². The fourth-order valence-electron chi connectivity index (χ4n) is 3.00. The summed E-state index contributed by atoms with van der Waals surface area (Å²) >= 11 is 0. The van der Waals surface area contributed by atoms with Gasteiger partial charge in [-0.3, -0.25) is 20.2 Å². The molecule has 0 aromatic heterocycles. The predicted octanol–water partition coefficient (Wildman–Crippen LogP) is 4.06. The van der Waals surface area contributed by atoms with Crippen LogP contribution in [0.5, 0.6) is 0 Å². The molecule has 1 fully saturated rings. The van der Waals surface area contributed by atoms with Crippen LogP contribution < -0.4 is 10.6 Å². The summed E-state index contributed by atoms with van der Waals surface area (Å²) in [6.07, 6.45) is 15.6. The summed E-state index contributed by atoms with van der Waals surface area (Å²) in [7, 11) is 0. The first-order valence-electron chi connectivity index (χ1n) is 9.31. The molecule has 0 saturated carbocycles. The molecular weight excluding hydrogens is 292 g/mol. The van der Waals surface area contributed by atoms with Crippen molar-refractivity contribution in [1.29, 1.82) is 0 Å². The van der Waals surface area contributed by atoms with Crippen LogP contribution in [0.1, 0.15) is 90.4 Å². The van der Waals surface area contributed by atoms with E-state index in [-0.39, 0.29) is 0 Å². The van der Waals surface area contributed by atoms with Gasteiger partial charge in [0.15, 0.2) is 0 Å². The smallest absolute Gasteiger partial charge is 0.277 e. The molecular formula is C18H32N2O3. The Balaban J connectivity index is 1.91. The van der Waals surface area contributed by atoms with Crippen LogP contribution in [0, 0.1) is 5.92 Å². The van der Waals surface area contributed by atoms with Gasteiger partial charge in [0.2, 0.25) is 11.8 Å². The van der Waals surface area contributed by atoms with Gasteiger partial charge in [-0.05, 0) is 6.42 Å². The highest BCUT2D eigenvalue weighted by Gasteiger charge is 2.33. The fourth-order valence-corrected chi connectivity index (χ4v) is 3.00. The SMILES string of the molecule is CCCCCCCCCCCCCCC1C(=O)NC(=O)NC1=O. The molecule has 0 aromatic rings. The van der Waals surface area contributed by atoms with Crippen LogP contribution >= 0.6 is 0 Å². The highest BCUT2D eigenvalue weighted by Crippen LogP contribution is 2.16. The average Bonchev–Trinajstić information content (AvgIpc) is 2.50. The highest BCUT2D eigenvalue weighted by molar-refractivity contribution is 6.16. The Morgan fingerprint density at radius 1 is 0.652 bits per heavy atom. The van der Waals surface area contributed by atoms with E-state index in [1.807, 2.05) is 0 Å². The van der Waals surface area contributed by atoms with E-state index in [1.54, 1.807) is 0 Å². The van der Waals surface area contributed by atoms with Crippen molar-refractivity contribution in [3.05, 3.63) is 0 Å². The zero-order valence-corrected chi connectivity index (χ0v) is 14.5. The predicted molar refractivity (Wildman–Crippen MR) is 90.9 cm³/mol. The van der Waals surface area contributed by atoms with Crippen LogP contribution in [-0.2, 0) is 9.59 Å². The van der Waals surface area contributed by atoms with Gasteiger partial charge in [-0.1, -0.05) is 84.0 Å². The van der Waals surface area contributed by atoms with Gasteiger partial charge in [0.25, 0.3) is 0 Å². The van der Waals surface area contributed by atoms with Gasteiger partial charge in [0.05, 0.1) is 0 Å². The molecule has 1 aliphatic rings. The quantitative estimate of drug-likeness (QED) is 0.396. The van der Waals surface area contributed by atoms with E-state index in [9.17, 15) is 14.4 Å². The molecule has 0 aliphatic carbocycles. The first kappa shape index (κ1) is 19.7. The molecule has 0 radical (unpaired) electrons. The number of hydrogen-bond acceptors (Lipinski definition) is 3. The molecule has 1 rings (SSSR count). The molecule has 0 unspecified atom stereocenters. The lowest BCUT2D eigenvalue weighted by Gasteiger charge is -2.20. The maximum Gasteiger partial charge on any atom is 0.328 e. The van der Waals surface area contributed by atoms with Crippen LogP contribution in [0.25, 0.3) is 0 Å². The lowest BCUT2D eigenvalue weighted by Crippen LogP contribution is -2.55. The summed E-state index contributed by atoms with van der Waals surface area (Å²) in [6.45, 7) is 2.24. The molecule has 23 heavy (non-hydrogen) atoms. The average molecular weight is 324 g/mol. The number of unbranched alkanes of at least 4 members (excludes halogenated alkanes) is 11. The molecule has 0 spiro atoms. The van der Waals surface area contributed by atoms with Gasteiger partial charge < -0.3 is 0 Å². The van der Waals surface area contributed by atoms with Crippen molar-refractivity contribution in [3.63, 3.8) is 0 Å². The molecule has 1 saturated heterocycles. The number of hydrogen-bond donors (Lipinski definition) is 2. The minimum Gasteiger partial charge on any atom is -0.277 e.